The van der Waals surface area contributed by atoms with Crippen LogP contribution in [0, 0.1) is 0 Å². The van der Waals surface area contributed by atoms with Gasteiger partial charge in [-0.1, -0.05) is 6.42 Å². The zero-order chi connectivity index (χ0) is 10.3. The molecular formula is C8H20N4O. The average molecular weight is 188 g/mol. The third kappa shape index (κ3) is 7.86. The minimum atomic E-state index is -0.992. The highest BCUT2D eigenvalue weighted by Gasteiger charge is 2.16. The molecule has 0 saturated carbocycles. The Morgan fingerprint density at radius 1 is 1.46 bits per heavy atom. The Morgan fingerprint density at radius 3 is 2.46 bits per heavy atom. The lowest BCUT2D eigenvalue weighted by molar-refractivity contribution is -0.110. The molecule has 0 spiro atoms. The van der Waals surface area contributed by atoms with E-state index in [1.165, 1.54) is 0 Å². The van der Waals surface area contributed by atoms with Crippen molar-refractivity contribution in [2.75, 3.05) is 6.54 Å². The summed E-state index contributed by atoms with van der Waals surface area (Å²) in [4.78, 5) is 10.6. The molecule has 78 valence electrons. The number of aldehydes is 1. The highest BCUT2D eigenvalue weighted by atomic mass is 16.1. The smallest absolute Gasteiger partial charge is 0.136 e. The van der Waals surface area contributed by atoms with Gasteiger partial charge in [0.15, 0.2) is 0 Å². The zero-order valence-corrected chi connectivity index (χ0v) is 8.12. The van der Waals surface area contributed by atoms with Crippen molar-refractivity contribution in [1.82, 2.24) is 5.32 Å². The maximum Gasteiger partial charge on any atom is 0.136 e. The summed E-state index contributed by atoms with van der Waals surface area (Å²) in [6.07, 6.45) is 3.38. The summed E-state index contributed by atoms with van der Waals surface area (Å²) >= 11 is 0. The Kier molecular flexibility index (Phi) is 5.81. The van der Waals surface area contributed by atoms with E-state index in [-0.39, 0.29) is 6.04 Å². The third-order valence-corrected chi connectivity index (χ3v) is 1.63. The molecule has 0 aliphatic carbocycles. The van der Waals surface area contributed by atoms with Crippen LogP contribution < -0.4 is 22.5 Å². The van der Waals surface area contributed by atoms with Crippen LogP contribution in [-0.4, -0.2) is 24.7 Å². The molecule has 0 aliphatic rings. The van der Waals surface area contributed by atoms with E-state index in [1.54, 1.807) is 6.92 Å². The zero-order valence-electron chi connectivity index (χ0n) is 8.12. The topological polar surface area (TPSA) is 107 Å². The van der Waals surface area contributed by atoms with Gasteiger partial charge in [-0.25, -0.2) is 0 Å². The van der Waals surface area contributed by atoms with Gasteiger partial charge in [0.25, 0.3) is 0 Å². The van der Waals surface area contributed by atoms with Crippen molar-refractivity contribution < 1.29 is 4.79 Å². The first-order valence-corrected chi connectivity index (χ1v) is 4.50. The fourth-order valence-electron chi connectivity index (χ4n) is 1.08. The van der Waals surface area contributed by atoms with Gasteiger partial charge in [0.1, 0.15) is 12.1 Å². The van der Waals surface area contributed by atoms with E-state index in [1.807, 2.05) is 0 Å². The number of rotatable bonds is 7. The number of carbonyl (C=O) groups is 1. The van der Waals surface area contributed by atoms with E-state index in [9.17, 15) is 4.79 Å². The number of unbranched alkanes of at least 4 members (excludes halogenated alkanes) is 1. The molecule has 0 radical (unpaired) electrons. The standard InChI is InChI=1S/C8H20N4O/c1-8(10,11)12-7(6-13)4-2-3-5-9/h6-7,12H,2-5,9-11H2,1H3/t7-/m0/s1. The minimum Gasteiger partial charge on any atom is -0.330 e. The lowest BCUT2D eigenvalue weighted by atomic mass is 10.1. The summed E-state index contributed by atoms with van der Waals surface area (Å²) < 4.78 is 0. The first-order valence-electron chi connectivity index (χ1n) is 4.50. The SMILES string of the molecule is CC(N)(N)N[C@H](C=O)CCCCN. The molecule has 0 aromatic heterocycles. The Hall–Kier alpha value is -0.490. The van der Waals surface area contributed by atoms with Crippen LogP contribution in [0.3, 0.4) is 0 Å². The van der Waals surface area contributed by atoms with Crippen LogP contribution in [0.2, 0.25) is 0 Å². The van der Waals surface area contributed by atoms with Crippen LogP contribution in [0.1, 0.15) is 26.2 Å². The van der Waals surface area contributed by atoms with E-state index in [4.69, 9.17) is 17.2 Å². The maximum absolute atomic E-state index is 10.6. The Balaban J connectivity index is 3.70. The highest BCUT2D eigenvalue weighted by molar-refractivity contribution is 5.57. The second kappa shape index (κ2) is 6.04. The average Bonchev–Trinajstić information content (AvgIpc) is 2.01. The molecule has 0 bridgehead atoms. The Morgan fingerprint density at radius 2 is 2.08 bits per heavy atom. The molecular weight excluding hydrogens is 168 g/mol. The van der Waals surface area contributed by atoms with Gasteiger partial charge in [0.2, 0.25) is 0 Å². The van der Waals surface area contributed by atoms with Gasteiger partial charge < -0.3 is 22.0 Å². The van der Waals surface area contributed by atoms with Crippen molar-refractivity contribution in [3.8, 4) is 0 Å². The first-order chi connectivity index (χ1) is 5.99. The van der Waals surface area contributed by atoms with Crippen LogP contribution in [0.25, 0.3) is 0 Å². The van der Waals surface area contributed by atoms with E-state index in [0.29, 0.717) is 6.54 Å². The van der Waals surface area contributed by atoms with Crippen molar-refractivity contribution >= 4 is 6.29 Å². The van der Waals surface area contributed by atoms with Crippen LogP contribution in [-0.2, 0) is 4.79 Å². The fourth-order valence-corrected chi connectivity index (χ4v) is 1.08. The number of carbonyl (C=O) groups excluding carboxylic acids is 1. The number of hydrogen-bond acceptors (Lipinski definition) is 5. The predicted molar refractivity (Wildman–Crippen MR) is 52.7 cm³/mol. The minimum absolute atomic E-state index is 0.272. The predicted octanol–water partition coefficient (Wildman–Crippen LogP) is -1.14. The van der Waals surface area contributed by atoms with Crippen molar-refractivity contribution in [1.29, 1.82) is 0 Å². The second-order valence-corrected chi connectivity index (χ2v) is 3.45. The van der Waals surface area contributed by atoms with Crippen LogP contribution in [0.4, 0.5) is 0 Å². The van der Waals surface area contributed by atoms with Crippen LogP contribution in [0.5, 0.6) is 0 Å². The molecule has 0 saturated heterocycles. The van der Waals surface area contributed by atoms with E-state index in [0.717, 1.165) is 25.5 Å². The summed E-state index contributed by atoms with van der Waals surface area (Å²) in [5.74, 6) is -0.992. The summed E-state index contributed by atoms with van der Waals surface area (Å²) in [5.41, 5.74) is 16.3. The van der Waals surface area contributed by atoms with Crippen molar-refractivity contribution in [2.45, 2.75) is 38.0 Å². The van der Waals surface area contributed by atoms with E-state index >= 15 is 0 Å². The Bertz CT molecular complexity index is 144. The molecule has 0 aromatic carbocycles. The van der Waals surface area contributed by atoms with E-state index < -0.39 is 5.79 Å². The largest absolute Gasteiger partial charge is 0.330 e. The molecule has 0 unspecified atom stereocenters. The highest BCUT2D eigenvalue weighted by Crippen LogP contribution is 1.99. The lowest BCUT2D eigenvalue weighted by Crippen LogP contribution is -2.62. The van der Waals surface area contributed by atoms with Crippen molar-refractivity contribution in [3.63, 3.8) is 0 Å². The molecule has 0 aromatic rings. The number of nitrogens with one attached hydrogen (secondary N) is 1. The molecule has 0 amide bonds. The third-order valence-electron chi connectivity index (χ3n) is 1.63. The summed E-state index contributed by atoms with van der Waals surface area (Å²) in [6, 6.07) is -0.272. The summed E-state index contributed by atoms with van der Waals surface area (Å²) in [5, 5.41) is 2.81. The number of hydrogen-bond donors (Lipinski definition) is 4. The van der Waals surface area contributed by atoms with Gasteiger partial charge in [-0.3, -0.25) is 5.32 Å². The normalized spacial score (nSPS) is 14.2. The van der Waals surface area contributed by atoms with Gasteiger partial charge in [0.05, 0.1) is 6.04 Å². The quantitative estimate of drug-likeness (QED) is 0.229. The van der Waals surface area contributed by atoms with Crippen LogP contribution >= 0.6 is 0 Å². The number of nitrogens with two attached hydrogens (primary N) is 3. The first kappa shape index (κ1) is 12.5. The van der Waals surface area contributed by atoms with E-state index in [2.05, 4.69) is 5.32 Å². The molecule has 13 heavy (non-hydrogen) atoms. The second-order valence-electron chi connectivity index (χ2n) is 3.45. The lowest BCUT2D eigenvalue weighted by Gasteiger charge is -2.24. The van der Waals surface area contributed by atoms with Gasteiger partial charge >= 0.3 is 0 Å². The molecule has 7 N–H and O–H groups in total. The molecule has 0 rings (SSSR count). The van der Waals surface area contributed by atoms with Gasteiger partial charge in [-0.2, -0.15) is 0 Å². The van der Waals surface area contributed by atoms with Gasteiger partial charge in [0, 0.05) is 0 Å². The van der Waals surface area contributed by atoms with Gasteiger partial charge in [-0.15, -0.1) is 0 Å². The maximum atomic E-state index is 10.6. The molecule has 0 heterocycles. The molecule has 1 atom stereocenters. The van der Waals surface area contributed by atoms with Gasteiger partial charge in [-0.05, 0) is 26.3 Å². The van der Waals surface area contributed by atoms with Crippen molar-refractivity contribution in [3.05, 3.63) is 0 Å². The molecule has 0 fully saturated rings. The summed E-state index contributed by atoms with van der Waals surface area (Å²) in [6.45, 7) is 2.26. The van der Waals surface area contributed by atoms with Crippen LogP contribution in [0.15, 0.2) is 0 Å². The van der Waals surface area contributed by atoms with Crippen molar-refractivity contribution in [2.24, 2.45) is 17.2 Å². The molecule has 5 heteroatoms. The molecule has 0 aliphatic heterocycles. The fraction of sp³-hybridized carbons (Fsp3) is 0.875. The monoisotopic (exact) mass is 188 g/mol. The Labute approximate surface area is 79.0 Å². The molecule has 5 nitrogen and oxygen atoms in total. The summed E-state index contributed by atoms with van der Waals surface area (Å²) in [7, 11) is 0.